The second kappa shape index (κ2) is 6.02. The number of aromatic nitrogens is 1. The second-order valence-corrected chi connectivity index (χ2v) is 5.22. The van der Waals surface area contributed by atoms with Gasteiger partial charge in [-0.3, -0.25) is 9.78 Å². The molecular formula is C14H21N3O2. The molecule has 2 rings (SSSR count). The molecule has 0 radical (unpaired) electrons. The molecule has 1 aromatic heterocycles. The number of aliphatic carboxylic acids is 1. The van der Waals surface area contributed by atoms with E-state index in [1.807, 2.05) is 12.3 Å². The number of carboxylic acids is 1. The fourth-order valence-corrected chi connectivity index (χ4v) is 2.59. The minimum atomic E-state index is -0.885. The molecule has 1 aliphatic heterocycles. The fourth-order valence-electron chi connectivity index (χ4n) is 2.59. The van der Waals surface area contributed by atoms with E-state index >= 15 is 0 Å². The lowest BCUT2D eigenvalue weighted by molar-refractivity contribution is -0.137. The van der Waals surface area contributed by atoms with E-state index < -0.39 is 12.0 Å². The quantitative estimate of drug-likeness (QED) is 0.867. The van der Waals surface area contributed by atoms with Crippen molar-refractivity contribution in [2.45, 2.75) is 44.7 Å². The van der Waals surface area contributed by atoms with Gasteiger partial charge in [0.05, 0.1) is 18.3 Å². The number of nitrogens with two attached hydrogens (primary N) is 1. The molecule has 3 N–H and O–H groups in total. The first-order valence-electron chi connectivity index (χ1n) is 6.77. The first kappa shape index (κ1) is 13.8. The lowest BCUT2D eigenvalue weighted by Gasteiger charge is -2.35. The predicted molar refractivity (Wildman–Crippen MR) is 74.1 cm³/mol. The molecule has 0 spiro atoms. The Hall–Kier alpha value is -1.62. The van der Waals surface area contributed by atoms with Gasteiger partial charge in [-0.1, -0.05) is 0 Å². The molecule has 0 saturated carbocycles. The van der Waals surface area contributed by atoms with Gasteiger partial charge in [0, 0.05) is 24.8 Å². The van der Waals surface area contributed by atoms with Crippen LogP contribution in [0.25, 0.3) is 0 Å². The van der Waals surface area contributed by atoms with Gasteiger partial charge < -0.3 is 15.7 Å². The summed E-state index contributed by atoms with van der Waals surface area (Å²) in [6.07, 6.45) is 7.07. The number of piperidine rings is 1. The first-order chi connectivity index (χ1) is 9.08. The van der Waals surface area contributed by atoms with E-state index in [4.69, 9.17) is 10.8 Å². The highest BCUT2D eigenvalue weighted by molar-refractivity contribution is 5.68. The Morgan fingerprint density at radius 3 is 3.05 bits per heavy atom. The summed E-state index contributed by atoms with van der Waals surface area (Å²) in [5.74, 6) is -0.885. The molecule has 1 aromatic rings. The first-order valence-corrected chi connectivity index (χ1v) is 6.77. The van der Waals surface area contributed by atoms with Crippen molar-refractivity contribution in [3.63, 3.8) is 0 Å². The molecule has 104 valence electrons. The minimum absolute atomic E-state index is 0.0688. The average Bonchev–Trinajstić information content (AvgIpc) is 2.38. The lowest BCUT2D eigenvalue weighted by atomic mass is 10.0. The zero-order valence-electron chi connectivity index (χ0n) is 11.2. The number of carboxylic acid groups (broad SMARTS) is 1. The summed E-state index contributed by atoms with van der Waals surface area (Å²) in [5.41, 5.74) is 7.73. The number of carbonyl (C=O) groups is 1. The van der Waals surface area contributed by atoms with Gasteiger partial charge in [0.25, 0.3) is 0 Å². The summed E-state index contributed by atoms with van der Waals surface area (Å²) in [6.45, 7) is 3.24. The Morgan fingerprint density at radius 2 is 2.37 bits per heavy atom. The number of nitrogens with zero attached hydrogens (tertiary/aromatic N) is 2. The van der Waals surface area contributed by atoms with Crippen LogP contribution in [0.2, 0.25) is 0 Å². The number of hydrogen-bond donors (Lipinski definition) is 2. The predicted octanol–water partition coefficient (Wildman–Crippen LogP) is 1.93. The maximum absolute atomic E-state index is 10.7. The highest BCUT2D eigenvalue weighted by atomic mass is 16.4. The van der Waals surface area contributed by atoms with Crippen LogP contribution < -0.4 is 10.6 Å². The van der Waals surface area contributed by atoms with E-state index in [0.717, 1.165) is 17.8 Å². The molecular weight excluding hydrogens is 242 g/mol. The summed E-state index contributed by atoms with van der Waals surface area (Å²) in [7, 11) is 0. The largest absolute Gasteiger partial charge is 0.481 e. The van der Waals surface area contributed by atoms with Crippen molar-refractivity contribution < 1.29 is 9.90 Å². The third-order valence-corrected chi connectivity index (χ3v) is 3.70. The van der Waals surface area contributed by atoms with Crippen molar-refractivity contribution in [3.8, 4) is 0 Å². The Balaban J connectivity index is 2.16. The summed E-state index contributed by atoms with van der Waals surface area (Å²) in [4.78, 5) is 17.2. The Bertz CT molecular complexity index is 450. The molecule has 0 amide bonds. The molecule has 2 atom stereocenters. The normalized spacial score (nSPS) is 21.2. The van der Waals surface area contributed by atoms with Gasteiger partial charge in [0.1, 0.15) is 0 Å². The molecule has 2 heterocycles. The van der Waals surface area contributed by atoms with Crippen LogP contribution >= 0.6 is 0 Å². The summed E-state index contributed by atoms with van der Waals surface area (Å²) >= 11 is 0. The minimum Gasteiger partial charge on any atom is -0.481 e. The van der Waals surface area contributed by atoms with Gasteiger partial charge in [-0.15, -0.1) is 0 Å². The molecule has 5 nitrogen and oxygen atoms in total. The number of hydrogen-bond acceptors (Lipinski definition) is 4. The van der Waals surface area contributed by atoms with Crippen LogP contribution in [0.1, 0.15) is 44.2 Å². The number of rotatable bonds is 4. The van der Waals surface area contributed by atoms with E-state index in [2.05, 4.69) is 16.8 Å². The van der Waals surface area contributed by atoms with Gasteiger partial charge in [0.15, 0.2) is 0 Å². The van der Waals surface area contributed by atoms with E-state index in [1.165, 1.54) is 19.3 Å². The number of anilines is 1. The van der Waals surface area contributed by atoms with Gasteiger partial charge in [-0.25, -0.2) is 0 Å². The zero-order valence-corrected chi connectivity index (χ0v) is 11.2. The summed E-state index contributed by atoms with van der Waals surface area (Å²) in [5, 5.41) is 8.79. The smallest absolute Gasteiger partial charge is 0.305 e. The Morgan fingerprint density at radius 1 is 1.58 bits per heavy atom. The molecule has 0 aromatic carbocycles. The molecule has 19 heavy (non-hydrogen) atoms. The van der Waals surface area contributed by atoms with Crippen LogP contribution in [0.15, 0.2) is 18.5 Å². The van der Waals surface area contributed by atoms with Crippen LogP contribution in [0.4, 0.5) is 5.69 Å². The van der Waals surface area contributed by atoms with Crippen molar-refractivity contribution in [1.82, 2.24) is 4.98 Å². The van der Waals surface area contributed by atoms with Crippen LogP contribution in [0.3, 0.4) is 0 Å². The third-order valence-electron chi connectivity index (χ3n) is 3.70. The Kier molecular flexibility index (Phi) is 4.37. The summed E-state index contributed by atoms with van der Waals surface area (Å²) < 4.78 is 0. The standard InChI is InChI=1S/C14H21N3O2/c1-10-4-2-3-5-17(10)12-6-11(8-16-9-12)13(15)7-14(18)19/h6,8-10,13H,2-5,7,15H2,1H3,(H,18,19). The average molecular weight is 263 g/mol. The van der Waals surface area contributed by atoms with E-state index in [9.17, 15) is 4.79 Å². The van der Waals surface area contributed by atoms with Crippen molar-refractivity contribution in [3.05, 3.63) is 24.0 Å². The van der Waals surface area contributed by atoms with E-state index in [1.54, 1.807) is 6.20 Å². The van der Waals surface area contributed by atoms with Crippen LogP contribution in [0, 0.1) is 0 Å². The van der Waals surface area contributed by atoms with Gasteiger partial charge in [0.2, 0.25) is 0 Å². The highest BCUT2D eigenvalue weighted by Gasteiger charge is 2.20. The van der Waals surface area contributed by atoms with Gasteiger partial charge in [-0.05, 0) is 37.8 Å². The zero-order chi connectivity index (χ0) is 13.8. The SMILES string of the molecule is CC1CCCCN1c1cncc(C(N)CC(=O)O)c1. The Labute approximate surface area is 113 Å². The fraction of sp³-hybridized carbons (Fsp3) is 0.571. The summed E-state index contributed by atoms with van der Waals surface area (Å²) in [6, 6.07) is 1.98. The lowest BCUT2D eigenvalue weighted by Crippen LogP contribution is -2.37. The molecule has 1 fully saturated rings. The molecule has 1 aliphatic rings. The van der Waals surface area contributed by atoms with Crippen molar-refractivity contribution in [2.24, 2.45) is 5.73 Å². The maximum atomic E-state index is 10.7. The molecule has 2 unspecified atom stereocenters. The second-order valence-electron chi connectivity index (χ2n) is 5.22. The molecule has 0 bridgehead atoms. The van der Waals surface area contributed by atoms with Gasteiger partial charge in [-0.2, -0.15) is 0 Å². The maximum Gasteiger partial charge on any atom is 0.305 e. The van der Waals surface area contributed by atoms with Crippen LogP contribution in [-0.2, 0) is 4.79 Å². The van der Waals surface area contributed by atoms with Crippen LogP contribution in [0.5, 0.6) is 0 Å². The monoisotopic (exact) mass is 263 g/mol. The van der Waals surface area contributed by atoms with Gasteiger partial charge >= 0.3 is 5.97 Å². The molecule has 0 aliphatic carbocycles. The van der Waals surface area contributed by atoms with E-state index in [0.29, 0.717) is 6.04 Å². The van der Waals surface area contributed by atoms with Crippen LogP contribution in [-0.4, -0.2) is 28.6 Å². The van der Waals surface area contributed by atoms with E-state index in [-0.39, 0.29) is 6.42 Å². The van der Waals surface area contributed by atoms with Crippen molar-refractivity contribution in [1.29, 1.82) is 0 Å². The number of pyridine rings is 1. The molecule has 1 saturated heterocycles. The topological polar surface area (TPSA) is 79.5 Å². The molecule has 5 heteroatoms. The highest BCUT2D eigenvalue weighted by Crippen LogP contribution is 2.26. The third kappa shape index (κ3) is 3.44. The van der Waals surface area contributed by atoms with Crippen molar-refractivity contribution in [2.75, 3.05) is 11.4 Å². The van der Waals surface area contributed by atoms with Crippen molar-refractivity contribution >= 4 is 11.7 Å².